The van der Waals surface area contributed by atoms with E-state index in [-0.39, 0.29) is 11.6 Å². The molecule has 0 radical (unpaired) electrons. The maximum Gasteiger partial charge on any atom is 0.258 e. The molecule has 3 aromatic rings. The van der Waals surface area contributed by atoms with Crippen LogP contribution < -0.4 is 10.5 Å². The largest absolute Gasteiger partial charge is 0.345 e. The summed E-state index contributed by atoms with van der Waals surface area (Å²) < 4.78 is 0. The van der Waals surface area contributed by atoms with Gasteiger partial charge in [-0.15, -0.1) is 5.10 Å². The Kier molecular flexibility index (Phi) is 3.29. The summed E-state index contributed by atoms with van der Waals surface area (Å²) in [5, 5.41) is 9.03. The second-order valence-electron chi connectivity index (χ2n) is 5.85. The lowest BCUT2D eigenvalue weighted by molar-refractivity contribution is 0.657. The van der Waals surface area contributed by atoms with Crippen LogP contribution >= 0.6 is 0 Å². The number of nitrogens with one attached hydrogen (secondary N) is 1. The highest BCUT2D eigenvalue weighted by molar-refractivity contribution is 5.77. The van der Waals surface area contributed by atoms with Gasteiger partial charge in [-0.05, 0) is 44.0 Å². The Morgan fingerprint density at radius 1 is 1.17 bits per heavy atom. The van der Waals surface area contributed by atoms with Crippen molar-refractivity contribution in [3.05, 3.63) is 58.3 Å². The zero-order chi connectivity index (χ0) is 15.8. The molecular weight excluding hydrogens is 290 g/mol. The van der Waals surface area contributed by atoms with Gasteiger partial charge in [0.25, 0.3) is 5.56 Å². The van der Waals surface area contributed by atoms with Gasteiger partial charge in [-0.25, -0.2) is 4.98 Å². The molecule has 6 nitrogen and oxygen atoms in total. The minimum Gasteiger partial charge on any atom is -0.345 e. The molecule has 1 aliphatic rings. The number of hydrogen-bond donors (Lipinski definition) is 1. The second kappa shape index (κ2) is 5.46. The quantitative estimate of drug-likeness (QED) is 0.786. The Balaban J connectivity index is 1.77. The van der Waals surface area contributed by atoms with Gasteiger partial charge in [0.2, 0.25) is 0 Å². The molecule has 1 aliphatic heterocycles. The monoisotopic (exact) mass is 307 g/mol. The molecule has 1 unspecified atom stereocenters. The van der Waals surface area contributed by atoms with Crippen molar-refractivity contribution in [3.8, 4) is 0 Å². The zero-order valence-electron chi connectivity index (χ0n) is 12.9. The fourth-order valence-electron chi connectivity index (χ4n) is 3.13. The first kappa shape index (κ1) is 13.9. The first-order valence-corrected chi connectivity index (χ1v) is 7.78. The SMILES string of the molecule is Cc1ccc(N2CCCC2c2nc3ccccc3c(=O)[nH]2)nn1. The summed E-state index contributed by atoms with van der Waals surface area (Å²) in [4.78, 5) is 22.1. The van der Waals surface area contributed by atoms with E-state index in [0.29, 0.717) is 11.2 Å². The summed E-state index contributed by atoms with van der Waals surface area (Å²) in [6, 6.07) is 11.4. The van der Waals surface area contributed by atoms with Gasteiger partial charge in [0.05, 0.1) is 22.6 Å². The standard InChI is InChI=1S/C17H17N5O/c1-11-8-9-15(21-20-11)22-10-4-7-14(22)16-18-13-6-3-2-5-12(13)17(23)19-16/h2-3,5-6,8-9,14H,4,7,10H2,1H3,(H,18,19,23). The predicted octanol–water partition coefficient (Wildman–Crippen LogP) is 2.36. The van der Waals surface area contributed by atoms with Gasteiger partial charge >= 0.3 is 0 Å². The van der Waals surface area contributed by atoms with Crippen molar-refractivity contribution in [2.24, 2.45) is 0 Å². The maximum absolute atomic E-state index is 12.3. The average molecular weight is 307 g/mol. The Hall–Kier alpha value is -2.76. The highest BCUT2D eigenvalue weighted by atomic mass is 16.1. The number of fused-ring (bicyclic) bond motifs is 1. The lowest BCUT2D eigenvalue weighted by Crippen LogP contribution is -2.27. The molecule has 1 N–H and O–H groups in total. The summed E-state index contributed by atoms with van der Waals surface area (Å²) in [7, 11) is 0. The van der Waals surface area contributed by atoms with Crippen LogP contribution in [0.15, 0.2) is 41.2 Å². The van der Waals surface area contributed by atoms with E-state index >= 15 is 0 Å². The number of hydrogen-bond acceptors (Lipinski definition) is 5. The van der Waals surface area contributed by atoms with E-state index in [9.17, 15) is 4.79 Å². The Morgan fingerprint density at radius 3 is 2.87 bits per heavy atom. The fraction of sp³-hybridized carbons (Fsp3) is 0.294. The van der Waals surface area contributed by atoms with E-state index in [0.717, 1.165) is 36.4 Å². The highest BCUT2D eigenvalue weighted by Gasteiger charge is 2.29. The van der Waals surface area contributed by atoms with E-state index < -0.39 is 0 Å². The molecule has 6 heteroatoms. The van der Waals surface area contributed by atoms with Crippen LogP contribution in [0, 0.1) is 6.92 Å². The van der Waals surface area contributed by atoms with Crippen molar-refractivity contribution in [2.45, 2.75) is 25.8 Å². The first-order chi connectivity index (χ1) is 11.2. The molecule has 0 amide bonds. The van der Waals surface area contributed by atoms with Crippen molar-refractivity contribution >= 4 is 16.7 Å². The number of aromatic nitrogens is 4. The molecule has 23 heavy (non-hydrogen) atoms. The average Bonchev–Trinajstić information content (AvgIpc) is 3.05. The van der Waals surface area contributed by atoms with Gasteiger partial charge in [0.15, 0.2) is 5.82 Å². The molecule has 1 saturated heterocycles. The van der Waals surface area contributed by atoms with Gasteiger partial charge in [-0.1, -0.05) is 12.1 Å². The van der Waals surface area contributed by atoms with Crippen molar-refractivity contribution in [3.63, 3.8) is 0 Å². The molecule has 4 rings (SSSR count). The summed E-state index contributed by atoms with van der Waals surface area (Å²) in [5.74, 6) is 1.53. The minimum atomic E-state index is -0.0903. The van der Waals surface area contributed by atoms with E-state index in [4.69, 9.17) is 0 Å². The second-order valence-corrected chi connectivity index (χ2v) is 5.85. The van der Waals surface area contributed by atoms with Crippen molar-refractivity contribution in [2.75, 3.05) is 11.4 Å². The van der Waals surface area contributed by atoms with Crippen LogP contribution in [0.1, 0.15) is 30.4 Å². The molecule has 116 valence electrons. The minimum absolute atomic E-state index is 0.0318. The number of nitrogens with zero attached hydrogens (tertiary/aromatic N) is 4. The number of rotatable bonds is 2. The van der Waals surface area contributed by atoms with E-state index in [2.05, 4.69) is 25.1 Å². The van der Waals surface area contributed by atoms with Gasteiger partial charge in [0.1, 0.15) is 5.82 Å². The number of anilines is 1. The van der Waals surface area contributed by atoms with Crippen LogP contribution in [0.3, 0.4) is 0 Å². The third kappa shape index (κ3) is 2.46. The third-order valence-electron chi connectivity index (χ3n) is 4.28. The van der Waals surface area contributed by atoms with Crippen LogP contribution in [0.4, 0.5) is 5.82 Å². The summed E-state index contributed by atoms with van der Waals surface area (Å²) >= 11 is 0. The van der Waals surface area contributed by atoms with Gasteiger partial charge in [-0.3, -0.25) is 4.79 Å². The first-order valence-electron chi connectivity index (χ1n) is 7.78. The van der Waals surface area contributed by atoms with Crippen LogP contribution in [-0.4, -0.2) is 26.7 Å². The smallest absolute Gasteiger partial charge is 0.258 e. The molecule has 3 heterocycles. The molecule has 2 aromatic heterocycles. The number of para-hydroxylation sites is 1. The lowest BCUT2D eigenvalue weighted by atomic mass is 10.2. The molecule has 0 bridgehead atoms. The van der Waals surface area contributed by atoms with Crippen molar-refractivity contribution in [1.82, 2.24) is 20.2 Å². The van der Waals surface area contributed by atoms with E-state index in [1.54, 1.807) is 6.07 Å². The number of aromatic amines is 1. The van der Waals surface area contributed by atoms with Crippen LogP contribution in [0.5, 0.6) is 0 Å². The molecule has 1 fully saturated rings. The Bertz CT molecular complexity index is 903. The predicted molar refractivity (Wildman–Crippen MR) is 88.5 cm³/mol. The van der Waals surface area contributed by atoms with Crippen LogP contribution in [-0.2, 0) is 0 Å². The molecule has 1 aromatic carbocycles. The highest BCUT2D eigenvalue weighted by Crippen LogP contribution is 2.33. The molecule has 0 spiro atoms. The van der Waals surface area contributed by atoms with E-state index in [1.165, 1.54) is 0 Å². The van der Waals surface area contributed by atoms with Gasteiger partial charge in [0, 0.05) is 6.54 Å². The summed E-state index contributed by atoms with van der Waals surface area (Å²) in [6.45, 7) is 2.81. The molecule has 0 saturated carbocycles. The Morgan fingerprint density at radius 2 is 2.04 bits per heavy atom. The molecule has 1 atom stereocenters. The van der Waals surface area contributed by atoms with Crippen molar-refractivity contribution < 1.29 is 0 Å². The fourth-order valence-corrected chi connectivity index (χ4v) is 3.13. The summed E-state index contributed by atoms with van der Waals surface area (Å²) in [6.07, 6.45) is 1.98. The van der Waals surface area contributed by atoms with Crippen LogP contribution in [0.2, 0.25) is 0 Å². The molecular formula is C17H17N5O. The number of aryl methyl sites for hydroxylation is 1. The van der Waals surface area contributed by atoms with E-state index in [1.807, 2.05) is 37.3 Å². The topological polar surface area (TPSA) is 74.8 Å². The Labute approximate surface area is 133 Å². The summed E-state index contributed by atoms with van der Waals surface area (Å²) in [5.41, 5.74) is 1.53. The zero-order valence-corrected chi connectivity index (χ0v) is 12.9. The molecule has 0 aliphatic carbocycles. The lowest BCUT2D eigenvalue weighted by Gasteiger charge is -2.24. The number of benzene rings is 1. The van der Waals surface area contributed by atoms with Gasteiger partial charge < -0.3 is 9.88 Å². The maximum atomic E-state index is 12.3. The van der Waals surface area contributed by atoms with Crippen molar-refractivity contribution in [1.29, 1.82) is 0 Å². The third-order valence-corrected chi connectivity index (χ3v) is 4.28. The number of H-pyrrole nitrogens is 1. The normalized spacial score (nSPS) is 17.8. The van der Waals surface area contributed by atoms with Gasteiger partial charge in [-0.2, -0.15) is 5.10 Å². The van der Waals surface area contributed by atoms with Crippen LogP contribution in [0.25, 0.3) is 10.9 Å².